The van der Waals surface area contributed by atoms with Crippen LogP contribution in [0.1, 0.15) is 37.7 Å². The van der Waals surface area contributed by atoms with Gasteiger partial charge in [-0.15, -0.1) is 0 Å². The second-order valence-electron chi connectivity index (χ2n) is 6.62. The molecule has 0 saturated carbocycles. The van der Waals surface area contributed by atoms with Crippen LogP contribution in [0.5, 0.6) is 0 Å². The number of hydrogen-bond acceptors (Lipinski definition) is 6. The Bertz CT molecular complexity index is 1080. The van der Waals surface area contributed by atoms with Gasteiger partial charge in [0.2, 0.25) is 5.95 Å². The van der Waals surface area contributed by atoms with Gasteiger partial charge in [-0.25, -0.2) is 14.8 Å². The maximum atomic E-state index is 12.7. The molecule has 0 saturated heterocycles. The average Bonchev–Trinajstić information content (AvgIpc) is 2.70. The van der Waals surface area contributed by atoms with Gasteiger partial charge in [-0.05, 0) is 62.2 Å². The zero-order valence-corrected chi connectivity index (χ0v) is 16.7. The van der Waals surface area contributed by atoms with Gasteiger partial charge in [-0.3, -0.25) is 4.79 Å². The Kier molecular flexibility index (Phi) is 5.87. The second-order valence-corrected chi connectivity index (χ2v) is 6.62. The first-order valence-corrected chi connectivity index (χ1v) is 9.06. The quantitative estimate of drug-likeness (QED) is 0.635. The molecule has 7 heteroatoms. The highest BCUT2D eigenvalue weighted by Gasteiger charge is 2.13. The molecule has 0 bridgehead atoms. The molecule has 1 aromatic heterocycles. The summed E-state index contributed by atoms with van der Waals surface area (Å²) >= 11 is 0. The van der Waals surface area contributed by atoms with Gasteiger partial charge >= 0.3 is 5.97 Å². The molecular formula is C22H22N4O3. The first kappa shape index (κ1) is 20.0. The summed E-state index contributed by atoms with van der Waals surface area (Å²) in [5, 5.41) is 5.93. The zero-order valence-electron chi connectivity index (χ0n) is 16.7. The van der Waals surface area contributed by atoms with Crippen LogP contribution >= 0.6 is 0 Å². The van der Waals surface area contributed by atoms with E-state index in [-0.39, 0.29) is 17.5 Å². The van der Waals surface area contributed by atoms with Gasteiger partial charge in [0, 0.05) is 17.1 Å². The summed E-state index contributed by atoms with van der Waals surface area (Å²) in [6.45, 7) is 5.73. The van der Waals surface area contributed by atoms with Crippen molar-refractivity contribution in [1.82, 2.24) is 9.97 Å². The lowest BCUT2D eigenvalue weighted by Gasteiger charge is -2.12. The number of hydrogen-bond donors (Lipinski definition) is 2. The minimum atomic E-state index is -0.438. The van der Waals surface area contributed by atoms with Crippen molar-refractivity contribution in [1.29, 1.82) is 0 Å². The average molecular weight is 390 g/mol. The van der Waals surface area contributed by atoms with Crippen molar-refractivity contribution in [3.05, 3.63) is 76.6 Å². The van der Waals surface area contributed by atoms with Gasteiger partial charge in [0.15, 0.2) is 0 Å². The Morgan fingerprint density at radius 3 is 2.48 bits per heavy atom. The van der Waals surface area contributed by atoms with Gasteiger partial charge in [0.05, 0.1) is 12.7 Å². The third-order valence-electron chi connectivity index (χ3n) is 4.48. The van der Waals surface area contributed by atoms with E-state index in [0.717, 1.165) is 16.8 Å². The summed E-state index contributed by atoms with van der Waals surface area (Å²) in [6, 6.07) is 14.1. The molecule has 0 spiro atoms. The molecule has 0 unspecified atom stereocenters. The maximum Gasteiger partial charge on any atom is 0.337 e. The third-order valence-corrected chi connectivity index (χ3v) is 4.48. The zero-order chi connectivity index (χ0) is 21.0. The van der Waals surface area contributed by atoms with Crippen LogP contribution in [-0.2, 0) is 4.74 Å². The minimum absolute atomic E-state index is 0.241. The number of ether oxygens (including phenoxy) is 1. The Balaban J connectivity index is 1.84. The fourth-order valence-electron chi connectivity index (χ4n) is 2.78. The molecule has 2 aromatic carbocycles. The number of esters is 1. The normalized spacial score (nSPS) is 10.3. The number of methoxy groups -OCH3 is 1. The molecule has 0 aliphatic rings. The molecule has 3 rings (SSSR count). The Morgan fingerprint density at radius 1 is 0.966 bits per heavy atom. The number of carbonyl (C=O) groups is 2. The number of nitrogens with zero attached hydrogens (tertiary/aromatic N) is 2. The number of benzene rings is 2. The SMILES string of the molecule is COC(=O)c1cccc(Nc2nc(C)cc(C(=O)Nc3cccc(C)c3C)n2)c1. The molecule has 7 nitrogen and oxygen atoms in total. The monoisotopic (exact) mass is 390 g/mol. The van der Waals surface area contributed by atoms with Crippen LogP contribution in [0.2, 0.25) is 0 Å². The van der Waals surface area contributed by atoms with E-state index in [4.69, 9.17) is 4.74 Å². The molecular weight excluding hydrogens is 368 g/mol. The topological polar surface area (TPSA) is 93.2 Å². The van der Waals surface area contributed by atoms with Crippen LogP contribution < -0.4 is 10.6 Å². The van der Waals surface area contributed by atoms with E-state index in [1.807, 2.05) is 32.0 Å². The van der Waals surface area contributed by atoms with Crippen molar-refractivity contribution in [3.63, 3.8) is 0 Å². The largest absolute Gasteiger partial charge is 0.465 e. The molecule has 148 valence electrons. The van der Waals surface area contributed by atoms with E-state index in [0.29, 0.717) is 16.9 Å². The molecule has 0 aliphatic carbocycles. The van der Waals surface area contributed by atoms with Crippen LogP contribution in [0.15, 0.2) is 48.5 Å². The number of rotatable bonds is 5. The lowest BCUT2D eigenvalue weighted by molar-refractivity contribution is 0.0600. The van der Waals surface area contributed by atoms with E-state index in [9.17, 15) is 9.59 Å². The minimum Gasteiger partial charge on any atom is -0.465 e. The first-order chi connectivity index (χ1) is 13.9. The van der Waals surface area contributed by atoms with Crippen LogP contribution in [0.3, 0.4) is 0 Å². The number of carbonyl (C=O) groups excluding carboxylic acids is 2. The molecule has 3 aromatic rings. The maximum absolute atomic E-state index is 12.7. The highest BCUT2D eigenvalue weighted by Crippen LogP contribution is 2.20. The van der Waals surface area contributed by atoms with Crippen molar-refractivity contribution in [2.75, 3.05) is 17.7 Å². The molecule has 1 amide bonds. The van der Waals surface area contributed by atoms with E-state index in [2.05, 4.69) is 20.6 Å². The summed E-state index contributed by atoms with van der Waals surface area (Å²) in [7, 11) is 1.33. The summed E-state index contributed by atoms with van der Waals surface area (Å²) in [6.07, 6.45) is 0. The van der Waals surface area contributed by atoms with Crippen molar-refractivity contribution in [2.24, 2.45) is 0 Å². The van der Waals surface area contributed by atoms with Gasteiger partial charge < -0.3 is 15.4 Å². The second kappa shape index (κ2) is 8.52. The third kappa shape index (κ3) is 4.76. The van der Waals surface area contributed by atoms with Gasteiger partial charge in [-0.2, -0.15) is 0 Å². The molecule has 0 aliphatic heterocycles. The van der Waals surface area contributed by atoms with Crippen molar-refractivity contribution in [2.45, 2.75) is 20.8 Å². The predicted octanol–water partition coefficient (Wildman–Crippen LogP) is 4.18. The summed E-state index contributed by atoms with van der Waals surface area (Å²) in [4.78, 5) is 33.1. The highest BCUT2D eigenvalue weighted by molar-refractivity contribution is 6.03. The predicted molar refractivity (Wildman–Crippen MR) is 112 cm³/mol. The standard InChI is InChI=1S/C22H22N4O3/c1-13-7-5-10-18(15(13)3)25-20(27)19-11-14(2)23-22(26-19)24-17-9-6-8-16(12-17)21(28)29-4/h5-12H,1-4H3,(H,25,27)(H,23,24,26). The van der Waals surface area contributed by atoms with Crippen LogP contribution in [-0.4, -0.2) is 29.0 Å². The van der Waals surface area contributed by atoms with Crippen LogP contribution in [0.4, 0.5) is 17.3 Å². The van der Waals surface area contributed by atoms with E-state index >= 15 is 0 Å². The van der Waals surface area contributed by atoms with Crippen LogP contribution in [0, 0.1) is 20.8 Å². The number of anilines is 3. The van der Waals surface area contributed by atoms with E-state index in [1.165, 1.54) is 7.11 Å². The number of aryl methyl sites for hydroxylation is 2. The molecule has 1 heterocycles. The van der Waals surface area contributed by atoms with E-state index in [1.54, 1.807) is 37.3 Å². The Morgan fingerprint density at radius 2 is 1.72 bits per heavy atom. The van der Waals surface area contributed by atoms with Crippen LogP contribution in [0.25, 0.3) is 0 Å². The van der Waals surface area contributed by atoms with Crippen molar-refractivity contribution in [3.8, 4) is 0 Å². The van der Waals surface area contributed by atoms with Crippen molar-refractivity contribution < 1.29 is 14.3 Å². The summed E-state index contributed by atoms with van der Waals surface area (Å²) in [5.41, 5.74) is 4.73. The number of amides is 1. The van der Waals surface area contributed by atoms with Gasteiger partial charge in [0.1, 0.15) is 5.69 Å². The molecule has 0 atom stereocenters. The van der Waals surface area contributed by atoms with Gasteiger partial charge in [0.25, 0.3) is 5.91 Å². The first-order valence-electron chi connectivity index (χ1n) is 9.06. The lowest BCUT2D eigenvalue weighted by atomic mass is 10.1. The van der Waals surface area contributed by atoms with Gasteiger partial charge in [-0.1, -0.05) is 18.2 Å². The highest BCUT2D eigenvalue weighted by atomic mass is 16.5. The summed E-state index contributed by atoms with van der Waals surface area (Å²) < 4.78 is 4.73. The Hall–Kier alpha value is -3.74. The molecule has 2 N–H and O–H groups in total. The van der Waals surface area contributed by atoms with E-state index < -0.39 is 5.97 Å². The number of aromatic nitrogens is 2. The fraction of sp³-hybridized carbons (Fsp3) is 0.182. The molecule has 0 fully saturated rings. The number of nitrogens with one attached hydrogen (secondary N) is 2. The smallest absolute Gasteiger partial charge is 0.337 e. The molecule has 0 radical (unpaired) electrons. The van der Waals surface area contributed by atoms with Crippen molar-refractivity contribution >= 4 is 29.2 Å². The summed E-state index contributed by atoms with van der Waals surface area (Å²) in [5.74, 6) is -0.499. The lowest BCUT2D eigenvalue weighted by Crippen LogP contribution is -2.16. The molecule has 29 heavy (non-hydrogen) atoms. The fourth-order valence-corrected chi connectivity index (χ4v) is 2.78. The Labute approximate surface area is 169 Å².